The first-order valence-corrected chi connectivity index (χ1v) is 4.00. The summed E-state index contributed by atoms with van der Waals surface area (Å²) in [5.41, 5.74) is 0.897. The van der Waals surface area contributed by atoms with E-state index in [2.05, 4.69) is 37.3 Å². The van der Waals surface area contributed by atoms with Gasteiger partial charge < -0.3 is 0 Å². The van der Waals surface area contributed by atoms with E-state index in [1.54, 1.807) is 12.3 Å². The SMILES string of the molecule is C=Cc1ccnc(C(C)(C)C)n1. The summed E-state index contributed by atoms with van der Waals surface area (Å²) in [6.07, 6.45) is 3.50. The molecule has 2 heteroatoms. The van der Waals surface area contributed by atoms with Crippen LogP contribution in [-0.2, 0) is 5.41 Å². The van der Waals surface area contributed by atoms with Crippen molar-refractivity contribution in [2.75, 3.05) is 0 Å². The predicted molar refractivity (Wildman–Crippen MR) is 50.8 cm³/mol. The van der Waals surface area contributed by atoms with Gasteiger partial charge in [-0.05, 0) is 12.1 Å². The van der Waals surface area contributed by atoms with Crippen LogP contribution in [0, 0.1) is 0 Å². The van der Waals surface area contributed by atoms with Crippen molar-refractivity contribution < 1.29 is 0 Å². The Morgan fingerprint density at radius 3 is 2.58 bits per heavy atom. The molecule has 1 heterocycles. The first-order chi connectivity index (χ1) is 5.54. The van der Waals surface area contributed by atoms with Crippen LogP contribution < -0.4 is 0 Å². The normalized spacial score (nSPS) is 11.2. The first-order valence-electron chi connectivity index (χ1n) is 4.00. The van der Waals surface area contributed by atoms with E-state index in [0.717, 1.165) is 11.5 Å². The highest BCUT2D eigenvalue weighted by atomic mass is 14.9. The van der Waals surface area contributed by atoms with E-state index in [-0.39, 0.29) is 5.41 Å². The molecule has 0 N–H and O–H groups in total. The van der Waals surface area contributed by atoms with Crippen molar-refractivity contribution in [2.24, 2.45) is 0 Å². The maximum atomic E-state index is 4.33. The number of nitrogens with zero attached hydrogens (tertiary/aromatic N) is 2. The second-order valence-electron chi connectivity index (χ2n) is 3.76. The average Bonchev–Trinajstić information content (AvgIpc) is 2.03. The molecule has 12 heavy (non-hydrogen) atoms. The minimum Gasteiger partial charge on any atom is -0.241 e. The van der Waals surface area contributed by atoms with E-state index in [9.17, 15) is 0 Å². The van der Waals surface area contributed by atoms with E-state index in [1.807, 2.05) is 6.07 Å². The van der Waals surface area contributed by atoms with Crippen molar-refractivity contribution in [1.82, 2.24) is 9.97 Å². The summed E-state index contributed by atoms with van der Waals surface area (Å²) in [5, 5.41) is 0. The Balaban J connectivity index is 3.10. The number of hydrogen-bond acceptors (Lipinski definition) is 2. The zero-order valence-electron chi connectivity index (χ0n) is 7.83. The van der Waals surface area contributed by atoms with Gasteiger partial charge in [0.15, 0.2) is 0 Å². The van der Waals surface area contributed by atoms with Crippen LogP contribution in [0.2, 0.25) is 0 Å². The molecule has 0 atom stereocenters. The van der Waals surface area contributed by atoms with Crippen molar-refractivity contribution >= 4 is 6.08 Å². The van der Waals surface area contributed by atoms with E-state index in [4.69, 9.17) is 0 Å². The molecule has 0 unspecified atom stereocenters. The van der Waals surface area contributed by atoms with Gasteiger partial charge in [0, 0.05) is 11.6 Å². The topological polar surface area (TPSA) is 25.8 Å². The molecule has 1 aromatic rings. The molecular weight excluding hydrogens is 148 g/mol. The lowest BCUT2D eigenvalue weighted by Gasteiger charge is -2.15. The second-order valence-corrected chi connectivity index (χ2v) is 3.76. The fourth-order valence-corrected chi connectivity index (χ4v) is 0.848. The van der Waals surface area contributed by atoms with Gasteiger partial charge >= 0.3 is 0 Å². The maximum absolute atomic E-state index is 4.33. The van der Waals surface area contributed by atoms with Gasteiger partial charge in [-0.25, -0.2) is 9.97 Å². The summed E-state index contributed by atoms with van der Waals surface area (Å²) in [6.45, 7) is 9.94. The third-order valence-corrected chi connectivity index (χ3v) is 1.56. The highest BCUT2D eigenvalue weighted by Gasteiger charge is 2.16. The van der Waals surface area contributed by atoms with Gasteiger partial charge in [-0.1, -0.05) is 27.4 Å². The molecule has 0 aliphatic rings. The summed E-state index contributed by atoms with van der Waals surface area (Å²) in [6, 6.07) is 1.85. The lowest BCUT2D eigenvalue weighted by molar-refractivity contribution is 0.544. The highest BCUT2D eigenvalue weighted by molar-refractivity contribution is 5.40. The first kappa shape index (κ1) is 8.91. The van der Waals surface area contributed by atoms with E-state index >= 15 is 0 Å². The molecule has 0 saturated carbocycles. The second kappa shape index (κ2) is 3.05. The van der Waals surface area contributed by atoms with Gasteiger partial charge in [-0.3, -0.25) is 0 Å². The predicted octanol–water partition coefficient (Wildman–Crippen LogP) is 2.42. The molecule has 2 nitrogen and oxygen atoms in total. The van der Waals surface area contributed by atoms with Crippen LogP contribution in [0.3, 0.4) is 0 Å². The van der Waals surface area contributed by atoms with Crippen molar-refractivity contribution in [1.29, 1.82) is 0 Å². The largest absolute Gasteiger partial charge is 0.241 e. The monoisotopic (exact) mass is 162 g/mol. The summed E-state index contributed by atoms with van der Waals surface area (Å²) < 4.78 is 0. The van der Waals surface area contributed by atoms with Crippen LogP contribution in [0.15, 0.2) is 18.8 Å². The minimum atomic E-state index is 0.0129. The van der Waals surface area contributed by atoms with Gasteiger partial charge in [0.25, 0.3) is 0 Å². The Morgan fingerprint density at radius 1 is 1.42 bits per heavy atom. The Hall–Kier alpha value is -1.18. The van der Waals surface area contributed by atoms with Crippen molar-refractivity contribution in [3.05, 3.63) is 30.4 Å². The van der Waals surface area contributed by atoms with Gasteiger partial charge in [0.05, 0.1) is 5.69 Å². The Morgan fingerprint density at radius 2 is 2.08 bits per heavy atom. The molecule has 0 spiro atoms. The maximum Gasteiger partial charge on any atom is 0.134 e. The van der Waals surface area contributed by atoms with Crippen molar-refractivity contribution in [3.8, 4) is 0 Å². The van der Waals surface area contributed by atoms with Crippen molar-refractivity contribution in [3.63, 3.8) is 0 Å². The minimum absolute atomic E-state index is 0.0129. The molecule has 0 aliphatic heterocycles. The van der Waals surface area contributed by atoms with Crippen LogP contribution >= 0.6 is 0 Å². The zero-order chi connectivity index (χ0) is 9.19. The standard InChI is InChI=1S/C10H14N2/c1-5-8-6-7-11-9(12-8)10(2,3)4/h5-7H,1H2,2-4H3. The van der Waals surface area contributed by atoms with Gasteiger partial charge in [0.1, 0.15) is 5.82 Å². The Kier molecular flexibility index (Phi) is 2.27. The van der Waals surface area contributed by atoms with Gasteiger partial charge in [0.2, 0.25) is 0 Å². The zero-order valence-corrected chi connectivity index (χ0v) is 7.83. The van der Waals surface area contributed by atoms with E-state index in [0.29, 0.717) is 0 Å². The average molecular weight is 162 g/mol. The van der Waals surface area contributed by atoms with Crippen LogP contribution in [0.4, 0.5) is 0 Å². The van der Waals surface area contributed by atoms with Crippen LogP contribution in [0.1, 0.15) is 32.3 Å². The smallest absolute Gasteiger partial charge is 0.134 e. The molecule has 0 aliphatic carbocycles. The van der Waals surface area contributed by atoms with Crippen molar-refractivity contribution in [2.45, 2.75) is 26.2 Å². The summed E-state index contributed by atoms with van der Waals surface area (Å²) in [4.78, 5) is 8.53. The van der Waals surface area contributed by atoms with Gasteiger partial charge in [-0.2, -0.15) is 0 Å². The lowest BCUT2D eigenvalue weighted by atomic mass is 9.96. The highest BCUT2D eigenvalue weighted by Crippen LogP contribution is 2.17. The molecule has 1 aromatic heterocycles. The Bertz CT molecular complexity index is 284. The fraction of sp³-hybridized carbons (Fsp3) is 0.400. The third-order valence-electron chi connectivity index (χ3n) is 1.56. The van der Waals surface area contributed by atoms with E-state index in [1.165, 1.54) is 0 Å². The summed E-state index contributed by atoms with van der Waals surface area (Å²) in [5.74, 6) is 0.861. The quantitative estimate of drug-likeness (QED) is 0.633. The third kappa shape index (κ3) is 1.91. The lowest BCUT2D eigenvalue weighted by Crippen LogP contribution is -2.15. The molecule has 0 fully saturated rings. The Labute approximate surface area is 73.4 Å². The van der Waals surface area contributed by atoms with Crippen LogP contribution in [-0.4, -0.2) is 9.97 Å². The molecule has 0 saturated heterocycles. The fourth-order valence-electron chi connectivity index (χ4n) is 0.848. The van der Waals surface area contributed by atoms with E-state index < -0.39 is 0 Å². The summed E-state index contributed by atoms with van der Waals surface area (Å²) >= 11 is 0. The molecule has 0 aromatic carbocycles. The number of hydrogen-bond donors (Lipinski definition) is 0. The molecule has 64 valence electrons. The molecule has 0 amide bonds. The van der Waals surface area contributed by atoms with Crippen LogP contribution in [0.5, 0.6) is 0 Å². The number of rotatable bonds is 1. The molecule has 0 bridgehead atoms. The van der Waals surface area contributed by atoms with Crippen LogP contribution in [0.25, 0.3) is 6.08 Å². The summed E-state index contributed by atoms with van der Waals surface area (Å²) in [7, 11) is 0. The van der Waals surface area contributed by atoms with Gasteiger partial charge in [-0.15, -0.1) is 0 Å². The molecular formula is C10H14N2. The molecule has 1 rings (SSSR count). The number of aromatic nitrogens is 2. The molecule has 0 radical (unpaired) electrons.